The molecule has 0 aromatic rings. The molecule has 0 spiro atoms. The SMILES string of the molecule is CCCCCCCC/C=C\CCCC(O)CC(=O)NC(COP(=O)(O)OC1C(O)C(O)C(O)C(O)C1O)C(O)CCCCCCCCCCCCCCCCCCCCCC. The molecule has 1 rings (SSSR count). The fourth-order valence-corrected chi connectivity index (χ4v) is 9.04. The number of phosphoric acid groups is 1. The standard InChI is InChI=1S/C47H92NO12P/c1-3-5-7-9-11-13-15-16-17-18-19-20-21-22-23-25-27-29-31-33-35-40(50)39(37-59-61(57,58)60-47-45(55)43(53)42(52)44(54)46(47)56)48-41(51)36-38(49)34-32-30-28-26-24-14-12-10-8-6-4-2/h26,28,38-40,42-47,49-50,52-56H,3-25,27,29-37H2,1-2H3,(H,48,51)(H,57,58)/b28-26-. The summed E-state index contributed by atoms with van der Waals surface area (Å²) in [4.78, 5) is 23.5. The maximum Gasteiger partial charge on any atom is 0.472 e. The molecule has 362 valence electrons. The van der Waals surface area contributed by atoms with Gasteiger partial charge in [0.25, 0.3) is 0 Å². The van der Waals surface area contributed by atoms with Crippen LogP contribution in [-0.4, -0.2) is 108 Å². The predicted octanol–water partition coefficient (Wildman–Crippen LogP) is 8.59. The van der Waals surface area contributed by atoms with Gasteiger partial charge in [0, 0.05) is 0 Å². The van der Waals surface area contributed by atoms with Crippen molar-refractivity contribution in [1.29, 1.82) is 0 Å². The number of hydrogen-bond acceptors (Lipinski definition) is 11. The van der Waals surface area contributed by atoms with E-state index < -0.39 is 75.2 Å². The van der Waals surface area contributed by atoms with Crippen LogP contribution in [0.2, 0.25) is 0 Å². The van der Waals surface area contributed by atoms with Crippen molar-refractivity contribution in [2.45, 2.75) is 274 Å². The molecular formula is C47H92NO12P. The zero-order valence-corrected chi connectivity index (χ0v) is 39.2. The van der Waals surface area contributed by atoms with Gasteiger partial charge in [-0.05, 0) is 38.5 Å². The lowest BCUT2D eigenvalue weighted by Gasteiger charge is -2.41. The molecule has 1 aliphatic rings. The number of nitrogens with one attached hydrogen (secondary N) is 1. The predicted molar refractivity (Wildman–Crippen MR) is 243 cm³/mol. The van der Waals surface area contributed by atoms with Crippen LogP contribution in [0.4, 0.5) is 0 Å². The van der Waals surface area contributed by atoms with Crippen LogP contribution in [0.1, 0.15) is 219 Å². The van der Waals surface area contributed by atoms with Crippen LogP contribution >= 0.6 is 7.82 Å². The topological polar surface area (TPSA) is 226 Å². The second-order valence-corrected chi connectivity index (χ2v) is 19.3. The van der Waals surface area contributed by atoms with Gasteiger partial charge in [0.05, 0.1) is 31.3 Å². The molecule has 9 N–H and O–H groups in total. The monoisotopic (exact) mass is 894 g/mol. The number of unbranched alkanes of at least 4 members (excludes halogenated alkanes) is 26. The van der Waals surface area contributed by atoms with E-state index in [2.05, 4.69) is 31.3 Å². The Labute approximate surface area is 370 Å². The molecule has 1 saturated carbocycles. The fraction of sp³-hybridized carbons (Fsp3) is 0.936. The number of carbonyl (C=O) groups excluding carboxylic acids is 1. The molecule has 0 aromatic carbocycles. The Morgan fingerprint density at radius 3 is 1.38 bits per heavy atom. The van der Waals surface area contributed by atoms with E-state index in [0.29, 0.717) is 19.3 Å². The number of rotatable bonds is 41. The van der Waals surface area contributed by atoms with E-state index in [9.17, 15) is 50.0 Å². The summed E-state index contributed by atoms with van der Waals surface area (Å²) in [5.41, 5.74) is 0. The minimum atomic E-state index is -5.12. The number of aliphatic hydroxyl groups excluding tert-OH is 7. The van der Waals surface area contributed by atoms with E-state index in [4.69, 9.17) is 9.05 Å². The molecule has 0 aromatic heterocycles. The zero-order chi connectivity index (χ0) is 45.1. The molecule has 1 fully saturated rings. The van der Waals surface area contributed by atoms with Crippen molar-refractivity contribution < 1.29 is 59.0 Å². The summed E-state index contributed by atoms with van der Waals surface area (Å²) in [5, 5.41) is 74.6. The number of aliphatic hydroxyl groups is 7. The Morgan fingerprint density at radius 2 is 0.934 bits per heavy atom. The third-order valence-electron chi connectivity index (χ3n) is 12.1. The first-order valence-corrected chi connectivity index (χ1v) is 26.2. The van der Waals surface area contributed by atoms with Crippen molar-refractivity contribution >= 4 is 13.7 Å². The Kier molecular flexibility index (Phi) is 35.5. The van der Waals surface area contributed by atoms with Crippen LogP contribution in [0.25, 0.3) is 0 Å². The van der Waals surface area contributed by atoms with Gasteiger partial charge in [-0.2, -0.15) is 0 Å². The van der Waals surface area contributed by atoms with Gasteiger partial charge in [-0.15, -0.1) is 0 Å². The normalized spacial score (nSPS) is 23.2. The summed E-state index contributed by atoms with van der Waals surface area (Å²) in [6.07, 6.45) is 25.5. The third-order valence-corrected chi connectivity index (χ3v) is 13.1. The van der Waals surface area contributed by atoms with Gasteiger partial charge in [0.2, 0.25) is 5.91 Å². The van der Waals surface area contributed by atoms with Crippen molar-refractivity contribution in [2.24, 2.45) is 0 Å². The van der Waals surface area contributed by atoms with Gasteiger partial charge in [-0.25, -0.2) is 4.57 Å². The molecule has 0 heterocycles. The van der Waals surface area contributed by atoms with Crippen LogP contribution in [0.5, 0.6) is 0 Å². The van der Waals surface area contributed by atoms with Gasteiger partial charge < -0.3 is 46.0 Å². The average Bonchev–Trinajstić information content (AvgIpc) is 3.23. The number of hydrogen-bond donors (Lipinski definition) is 9. The minimum absolute atomic E-state index is 0.240. The summed E-state index contributed by atoms with van der Waals surface area (Å²) >= 11 is 0. The number of phosphoric ester groups is 1. The van der Waals surface area contributed by atoms with Crippen LogP contribution in [0.15, 0.2) is 12.2 Å². The highest BCUT2D eigenvalue weighted by Crippen LogP contribution is 2.47. The van der Waals surface area contributed by atoms with Crippen LogP contribution in [-0.2, 0) is 18.4 Å². The fourth-order valence-electron chi connectivity index (χ4n) is 8.07. The van der Waals surface area contributed by atoms with Crippen molar-refractivity contribution in [3.8, 4) is 0 Å². The molecule has 1 aliphatic carbocycles. The molecule has 1 amide bonds. The maximum atomic E-state index is 13.0. The van der Waals surface area contributed by atoms with Crippen LogP contribution in [0, 0.1) is 0 Å². The molecule has 14 heteroatoms. The zero-order valence-electron chi connectivity index (χ0n) is 38.3. The van der Waals surface area contributed by atoms with E-state index in [0.717, 1.165) is 44.9 Å². The van der Waals surface area contributed by atoms with E-state index in [1.165, 1.54) is 128 Å². The van der Waals surface area contributed by atoms with E-state index in [1.807, 2.05) is 0 Å². The highest BCUT2D eigenvalue weighted by Gasteiger charge is 2.51. The number of allylic oxidation sites excluding steroid dienone is 2. The minimum Gasteiger partial charge on any atom is -0.393 e. The van der Waals surface area contributed by atoms with E-state index in [-0.39, 0.29) is 12.8 Å². The first-order chi connectivity index (χ1) is 29.3. The summed E-state index contributed by atoms with van der Waals surface area (Å²) in [6.45, 7) is 3.78. The third kappa shape index (κ3) is 29.2. The Morgan fingerprint density at radius 1 is 0.557 bits per heavy atom. The summed E-state index contributed by atoms with van der Waals surface area (Å²) < 4.78 is 22.9. The van der Waals surface area contributed by atoms with Crippen molar-refractivity contribution in [2.75, 3.05) is 6.61 Å². The molecule has 0 saturated heterocycles. The molecule has 0 bridgehead atoms. The Bertz CT molecular complexity index is 1100. The van der Waals surface area contributed by atoms with Crippen molar-refractivity contribution in [3.05, 3.63) is 12.2 Å². The van der Waals surface area contributed by atoms with Gasteiger partial charge in [-0.1, -0.05) is 187 Å². The molecular weight excluding hydrogens is 801 g/mol. The summed E-state index contributed by atoms with van der Waals surface area (Å²) in [6, 6.07) is -1.16. The quantitative estimate of drug-likeness (QED) is 0.0160. The molecule has 13 nitrogen and oxygen atoms in total. The maximum absolute atomic E-state index is 13.0. The summed E-state index contributed by atoms with van der Waals surface area (Å²) in [7, 11) is -5.12. The van der Waals surface area contributed by atoms with Crippen LogP contribution < -0.4 is 5.32 Å². The highest BCUT2D eigenvalue weighted by atomic mass is 31.2. The van der Waals surface area contributed by atoms with Gasteiger partial charge in [-0.3, -0.25) is 13.8 Å². The molecule has 0 aliphatic heterocycles. The first-order valence-electron chi connectivity index (χ1n) is 24.7. The highest BCUT2D eigenvalue weighted by molar-refractivity contribution is 7.47. The Balaban J connectivity index is 2.47. The molecule has 8 unspecified atom stereocenters. The van der Waals surface area contributed by atoms with Crippen LogP contribution in [0.3, 0.4) is 0 Å². The van der Waals surface area contributed by atoms with Crippen molar-refractivity contribution in [1.82, 2.24) is 5.32 Å². The first kappa shape index (κ1) is 58.1. The smallest absolute Gasteiger partial charge is 0.393 e. The lowest BCUT2D eigenvalue weighted by atomic mass is 9.85. The summed E-state index contributed by atoms with van der Waals surface area (Å²) in [5.74, 6) is -0.575. The lowest BCUT2D eigenvalue weighted by molar-refractivity contribution is -0.220. The van der Waals surface area contributed by atoms with Crippen molar-refractivity contribution in [3.63, 3.8) is 0 Å². The van der Waals surface area contributed by atoms with Gasteiger partial charge in [0.15, 0.2) is 0 Å². The second-order valence-electron chi connectivity index (χ2n) is 17.9. The molecule has 0 radical (unpaired) electrons. The average molecular weight is 894 g/mol. The largest absolute Gasteiger partial charge is 0.472 e. The van der Waals surface area contributed by atoms with E-state index in [1.54, 1.807) is 0 Å². The number of amides is 1. The second kappa shape index (κ2) is 37.3. The molecule has 61 heavy (non-hydrogen) atoms. The van der Waals surface area contributed by atoms with Gasteiger partial charge >= 0.3 is 7.82 Å². The van der Waals surface area contributed by atoms with E-state index >= 15 is 0 Å². The Hall–Kier alpha value is -0.960. The van der Waals surface area contributed by atoms with Gasteiger partial charge in [0.1, 0.15) is 36.6 Å². The lowest BCUT2D eigenvalue weighted by Crippen LogP contribution is -2.64. The number of carbonyl (C=O) groups is 1. The molecule has 8 atom stereocenters.